The fraction of sp³-hybridized carbons (Fsp3) is 0.750. The minimum atomic E-state index is -0.929. The number of aliphatic carboxylic acids is 1. The number of hydrogen-bond donors (Lipinski definition) is 1. The predicted octanol–water partition coefficient (Wildman–Crippen LogP) is 4.42. The Bertz CT molecular complexity index is 271. The third-order valence-electron chi connectivity index (χ3n) is 2.23. The number of carbonyl (C=O) groups is 1. The molecule has 0 aliphatic heterocycles. The first-order valence-electron chi connectivity index (χ1n) is 5.60. The summed E-state index contributed by atoms with van der Waals surface area (Å²) in [7, 11) is 0. The van der Waals surface area contributed by atoms with Gasteiger partial charge in [-0.25, -0.2) is 4.79 Å². The van der Waals surface area contributed by atoms with Gasteiger partial charge in [0.25, 0.3) is 0 Å². The molecule has 0 radical (unpaired) electrons. The molecule has 1 N–H and O–H groups in total. The van der Waals surface area contributed by atoms with Gasteiger partial charge < -0.3 is 5.11 Å². The minimum absolute atomic E-state index is 0.111. The number of alkyl halides is 3. The molecule has 0 aromatic carbocycles. The monoisotopic (exact) mass is 300 g/mol. The maximum Gasteiger partial charge on any atom is 0.331 e. The molecule has 17 heavy (non-hydrogen) atoms. The molecule has 0 aromatic heterocycles. The number of carboxylic acids is 1. The van der Waals surface area contributed by atoms with Gasteiger partial charge in [0.15, 0.2) is 0 Å². The van der Waals surface area contributed by atoms with Crippen LogP contribution in [-0.2, 0) is 4.79 Å². The van der Waals surface area contributed by atoms with Crippen LogP contribution in [0.4, 0.5) is 0 Å². The van der Waals surface area contributed by atoms with Crippen molar-refractivity contribution in [1.82, 2.24) is 0 Å². The van der Waals surface area contributed by atoms with Crippen molar-refractivity contribution in [3.63, 3.8) is 0 Å². The van der Waals surface area contributed by atoms with E-state index in [1.807, 2.05) is 13.8 Å². The standard InChI is InChI=1S/C12H19Cl3O2/c1-7(13)4-10(5-8(2)14)11(12(16)17)6-9(3)15/h7-9H,4-6H2,1-3H3,(H,16,17). The normalized spacial score (nSPS) is 16.1. The third kappa shape index (κ3) is 7.91. The van der Waals surface area contributed by atoms with Crippen molar-refractivity contribution in [2.75, 3.05) is 0 Å². The van der Waals surface area contributed by atoms with Crippen molar-refractivity contribution < 1.29 is 9.90 Å². The number of rotatable bonds is 7. The zero-order valence-corrected chi connectivity index (χ0v) is 12.6. The summed E-state index contributed by atoms with van der Waals surface area (Å²) in [4.78, 5) is 11.2. The number of hydrogen-bond acceptors (Lipinski definition) is 1. The summed E-state index contributed by atoms with van der Waals surface area (Å²) in [6.45, 7) is 5.45. The smallest absolute Gasteiger partial charge is 0.331 e. The van der Waals surface area contributed by atoms with Gasteiger partial charge in [-0.3, -0.25) is 0 Å². The lowest BCUT2D eigenvalue weighted by Gasteiger charge is -2.16. The van der Waals surface area contributed by atoms with Crippen LogP contribution in [0, 0.1) is 0 Å². The summed E-state index contributed by atoms with van der Waals surface area (Å²) in [6.07, 6.45) is 1.40. The maximum absolute atomic E-state index is 11.2. The molecule has 0 fully saturated rings. The lowest BCUT2D eigenvalue weighted by molar-refractivity contribution is -0.132. The second-order valence-electron chi connectivity index (χ2n) is 4.34. The molecule has 0 aliphatic carbocycles. The molecule has 100 valence electrons. The van der Waals surface area contributed by atoms with E-state index in [0.717, 1.165) is 5.57 Å². The van der Waals surface area contributed by atoms with Crippen LogP contribution < -0.4 is 0 Å². The summed E-state index contributed by atoms with van der Waals surface area (Å²) in [5.74, 6) is -0.929. The molecule has 5 heteroatoms. The first-order valence-corrected chi connectivity index (χ1v) is 6.91. The van der Waals surface area contributed by atoms with E-state index in [9.17, 15) is 9.90 Å². The lowest BCUT2D eigenvalue weighted by Crippen LogP contribution is -2.12. The first kappa shape index (κ1) is 17.1. The van der Waals surface area contributed by atoms with E-state index in [1.54, 1.807) is 6.92 Å². The lowest BCUT2D eigenvalue weighted by atomic mass is 9.96. The molecular weight excluding hydrogens is 282 g/mol. The van der Waals surface area contributed by atoms with E-state index in [0.29, 0.717) is 24.8 Å². The van der Waals surface area contributed by atoms with Gasteiger partial charge in [-0.1, -0.05) is 5.57 Å². The average molecular weight is 302 g/mol. The van der Waals surface area contributed by atoms with Crippen molar-refractivity contribution in [3.8, 4) is 0 Å². The molecule has 3 atom stereocenters. The van der Waals surface area contributed by atoms with Crippen molar-refractivity contribution in [2.45, 2.75) is 56.2 Å². The third-order valence-corrected chi connectivity index (χ3v) is 2.69. The Morgan fingerprint density at radius 1 is 0.941 bits per heavy atom. The zero-order chi connectivity index (χ0) is 13.6. The summed E-state index contributed by atoms with van der Waals surface area (Å²) in [5.41, 5.74) is 1.16. The molecule has 0 saturated heterocycles. The average Bonchev–Trinajstić information content (AvgIpc) is 2.10. The van der Waals surface area contributed by atoms with E-state index in [2.05, 4.69) is 0 Å². The molecular formula is C12H19Cl3O2. The second-order valence-corrected chi connectivity index (χ2v) is 6.58. The molecule has 0 spiro atoms. The van der Waals surface area contributed by atoms with Crippen LogP contribution in [0.2, 0.25) is 0 Å². The topological polar surface area (TPSA) is 37.3 Å². The number of carboxylic acid groups (broad SMARTS) is 1. The summed E-state index contributed by atoms with van der Waals surface area (Å²) >= 11 is 17.7. The van der Waals surface area contributed by atoms with E-state index < -0.39 is 5.97 Å². The molecule has 0 aromatic rings. The van der Waals surface area contributed by atoms with Gasteiger partial charge >= 0.3 is 5.97 Å². The van der Waals surface area contributed by atoms with Crippen molar-refractivity contribution in [3.05, 3.63) is 11.1 Å². The molecule has 0 aliphatic rings. The van der Waals surface area contributed by atoms with Gasteiger partial charge in [-0.05, 0) is 40.0 Å². The molecule has 0 amide bonds. The summed E-state index contributed by atoms with van der Waals surface area (Å²) < 4.78 is 0. The minimum Gasteiger partial charge on any atom is -0.478 e. The highest BCUT2D eigenvalue weighted by molar-refractivity contribution is 6.21. The fourth-order valence-corrected chi connectivity index (χ4v) is 2.20. The Morgan fingerprint density at radius 3 is 1.53 bits per heavy atom. The predicted molar refractivity (Wildman–Crippen MR) is 74.5 cm³/mol. The fourth-order valence-electron chi connectivity index (χ4n) is 1.67. The first-order chi connectivity index (χ1) is 7.73. The Morgan fingerprint density at radius 2 is 1.29 bits per heavy atom. The van der Waals surface area contributed by atoms with E-state index in [1.165, 1.54) is 0 Å². The van der Waals surface area contributed by atoms with Crippen molar-refractivity contribution in [1.29, 1.82) is 0 Å². The second kappa shape index (κ2) is 8.23. The van der Waals surface area contributed by atoms with Crippen LogP contribution >= 0.6 is 34.8 Å². The SMILES string of the molecule is CC(Cl)CC(CC(C)Cl)=C(CC(C)Cl)C(=O)O. The van der Waals surface area contributed by atoms with Crippen LogP contribution in [0.5, 0.6) is 0 Å². The van der Waals surface area contributed by atoms with Gasteiger partial charge in [0, 0.05) is 21.7 Å². The number of allylic oxidation sites excluding steroid dienone is 1. The summed E-state index contributed by atoms with van der Waals surface area (Å²) in [5, 5.41) is 8.78. The number of halogens is 3. The zero-order valence-electron chi connectivity index (χ0n) is 10.3. The Hall–Kier alpha value is 0.0800. The Kier molecular flexibility index (Phi) is 8.27. The van der Waals surface area contributed by atoms with Gasteiger partial charge in [0.1, 0.15) is 0 Å². The van der Waals surface area contributed by atoms with Gasteiger partial charge in [0.2, 0.25) is 0 Å². The van der Waals surface area contributed by atoms with Gasteiger partial charge in [-0.15, -0.1) is 34.8 Å². The Labute approximate surface area is 118 Å². The molecule has 0 bridgehead atoms. The molecule has 2 nitrogen and oxygen atoms in total. The maximum atomic E-state index is 11.2. The van der Waals surface area contributed by atoms with Gasteiger partial charge in [-0.2, -0.15) is 0 Å². The van der Waals surface area contributed by atoms with E-state index >= 15 is 0 Å². The van der Waals surface area contributed by atoms with Crippen LogP contribution in [0.1, 0.15) is 40.0 Å². The van der Waals surface area contributed by atoms with Crippen LogP contribution in [0.15, 0.2) is 11.1 Å². The Balaban J connectivity index is 5.14. The van der Waals surface area contributed by atoms with Crippen molar-refractivity contribution in [2.24, 2.45) is 0 Å². The molecule has 3 unspecified atom stereocenters. The highest BCUT2D eigenvalue weighted by Crippen LogP contribution is 2.25. The van der Waals surface area contributed by atoms with Crippen molar-refractivity contribution >= 4 is 40.8 Å². The highest BCUT2D eigenvalue weighted by atomic mass is 35.5. The van der Waals surface area contributed by atoms with E-state index in [-0.39, 0.29) is 16.1 Å². The molecule has 0 saturated carbocycles. The molecule has 0 heterocycles. The summed E-state index contributed by atoms with van der Waals surface area (Å²) in [6, 6.07) is 0. The van der Waals surface area contributed by atoms with Crippen LogP contribution in [0.25, 0.3) is 0 Å². The van der Waals surface area contributed by atoms with E-state index in [4.69, 9.17) is 34.8 Å². The highest BCUT2D eigenvalue weighted by Gasteiger charge is 2.19. The van der Waals surface area contributed by atoms with Crippen LogP contribution in [-0.4, -0.2) is 27.2 Å². The van der Waals surface area contributed by atoms with Gasteiger partial charge in [0.05, 0.1) is 0 Å². The van der Waals surface area contributed by atoms with Crippen LogP contribution in [0.3, 0.4) is 0 Å². The largest absolute Gasteiger partial charge is 0.478 e. The quantitative estimate of drug-likeness (QED) is 0.558. The molecule has 0 rings (SSSR count).